The molecule has 0 heterocycles. The first-order valence-electron chi connectivity index (χ1n) is 8.82. The van der Waals surface area contributed by atoms with Gasteiger partial charge in [0.25, 0.3) is 5.91 Å². The molecule has 2 nitrogen and oxygen atoms in total. The quantitative estimate of drug-likeness (QED) is 0.345. The van der Waals surface area contributed by atoms with Crippen LogP contribution < -0.4 is 5.32 Å². The Balaban J connectivity index is 1.54. The topological polar surface area (TPSA) is 29.1 Å². The van der Waals surface area contributed by atoms with Gasteiger partial charge in [0.1, 0.15) is 0 Å². The molecule has 1 aromatic rings. The van der Waals surface area contributed by atoms with Gasteiger partial charge >= 0.3 is 0 Å². The van der Waals surface area contributed by atoms with Crippen LogP contribution in [0.4, 0.5) is 0 Å². The van der Waals surface area contributed by atoms with Crippen LogP contribution in [0, 0.1) is 26.7 Å². The van der Waals surface area contributed by atoms with E-state index in [1.165, 1.54) is 38.5 Å². The van der Waals surface area contributed by atoms with Gasteiger partial charge in [-0.05, 0) is 119 Å². The molecule has 4 saturated carbocycles. The number of hydrogen-bond acceptors (Lipinski definition) is 1. The van der Waals surface area contributed by atoms with Crippen molar-refractivity contribution in [3.63, 3.8) is 0 Å². The molecule has 5 rings (SSSR count). The number of nitrogens with one attached hydrogen (secondary N) is 1. The average Bonchev–Trinajstić information content (AvgIpc) is 2.49. The van der Waals surface area contributed by atoms with Gasteiger partial charge in [-0.2, -0.15) is 0 Å². The SMILES string of the molecule is CC(NC(=O)c1cc(Br)cc(Br)c1I)C12CC3CC(CC(C3)C1)C2. The summed E-state index contributed by atoms with van der Waals surface area (Å²) in [5.41, 5.74) is 1.10. The number of amides is 1. The summed E-state index contributed by atoms with van der Waals surface area (Å²) < 4.78 is 2.87. The van der Waals surface area contributed by atoms with E-state index in [-0.39, 0.29) is 11.9 Å². The highest BCUT2D eigenvalue weighted by Crippen LogP contribution is 2.61. The Bertz CT molecular complexity index is 655. The Morgan fingerprint density at radius 2 is 1.71 bits per heavy atom. The minimum absolute atomic E-state index is 0.0599. The van der Waals surface area contributed by atoms with Crippen LogP contribution in [-0.2, 0) is 0 Å². The third kappa shape index (κ3) is 3.11. The smallest absolute Gasteiger partial charge is 0.252 e. The van der Waals surface area contributed by atoms with Crippen molar-refractivity contribution in [2.45, 2.75) is 51.5 Å². The molecule has 1 unspecified atom stereocenters. The lowest BCUT2D eigenvalue weighted by molar-refractivity contribution is -0.0688. The fourth-order valence-corrected chi connectivity index (χ4v) is 7.64. The molecule has 0 aliphatic heterocycles. The van der Waals surface area contributed by atoms with Crippen LogP contribution >= 0.6 is 54.5 Å². The lowest BCUT2D eigenvalue weighted by atomic mass is 9.48. The lowest BCUT2D eigenvalue weighted by Gasteiger charge is -2.59. The molecule has 1 N–H and O–H groups in total. The van der Waals surface area contributed by atoms with E-state index in [0.717, 1.165) is 35.8 Å². The summed E-state index contributed by atoms with van der Waals surface area (Å²) in [5.74, 6) is 2.80. The average molecular weight is 567 g/mol. The van der Waals surface area contributed by atoms with E-state index < -0.39 is 0 Å². The van der Waals surface area contributed by atoms with Gasteiger partial charge in [0, 0.05) is 18.6 Å². The summed E-state index contributed by atoms with van der Waals surface area (Å²) in [6.45, 7) is 2.24. The maximum Gasteiger partial charge on any atom is 0.252 e. The van der Waals surface area contributed by atoms with Crippen molar-refractivity contribution in [3.8, 4) is 0 Å². The van der Waals surface area contributed by atoms with Gasteiger partial charge in [0.15, 0.2) is 0 Å². The zero-order valence-electron chi connectivity index (χ0n) is 13.7. The Morgan fingerprint density at radius 3 is 2.25 bits per heavy atom. The summed E-state index contributed by atoms with van der Waals surface area (Å²) in [4.78, 5) is 12.9. The first-order chi connectivity index (χ1) is 11.4. The Morgan fingerprint density at radius 1 is 1.17 bits per heavy atom. The van der Waals surface area contributed by atoms with Gasteiger partial charge in [-0.25, -0.2) is 0 Å². The lowest BCUT2D eigenvalue weighted by Crippen LogP contribution is -2.55. The number of hydrogen-bond donors (Lipinski definition) is 1. The van der Waals surface area contributed by atoms with Crippen LogP contribution in [-0.4, -0.2) is 11.9 Å². The van der Waals surface area contributed by atoms with Gasteiger partial charge in [-0.3, -0.25) is 4.79 Å². The molecule has 0 spiro atoms. The summed E-state index contributed by atoms with van der Waals surface area (Å²) >= 11 is 9.29. The minimum Gasteiger partial charge on any atom is -0.349 e. The zero-order chi connectivity index (χ0) is 17.1. The normalized spacial score (nSPS) is 35.1. The maximum absolute atomic E-state index is 12.9. The molecular formula is C19H22Br2INO. The standard InChI is InChI=1S/C19H22Br2INO/c1-10(19-7-11-2-12(8-19)4-13(3-11)9-19)23-18(24)15-5-14(20)6-16(21)17(15)22/h5-6,10-13H,2-4,7-9H2,1H3,(H,23,24). The molecule has 4 fully saturated rings. The van der Waals surface area contributed by atoms with Crippen molar-refractivity contribution in [3.05, 3.63) is 30.2 Å². The van der Waals surface area contributed by atoms with E-state index in [9.17, 15) is 4.79 Å². The van der Waals surface area contributed by atoms with Gasteiger partial charge < -0.3 is 5.32 Å². The second kappa shape index (κ2) is 6.52. The molecule has 24 heavy (non-hydrogen) atoms. The molecule has 1 amide bonds. The molecule has 1 aromatic carbocycles. The predicted molar refractivity (Wildman–Crippen MR) is 112 cm³/mol. The summed E-state index contributed by atoms with van der Waals surface area (Å²) in [6.07, 6.45) is 8.28. The van der Waals surface area contributed by atoms with E-state index >= 15 is 0 Å². The van der Waals surface area contributed by atoms with Gasteiger partial charge in [0.05, 0.1) is 5.56 Å². The van der Waals surface area contributed by atoms with Crippen LogP contribution in [0.25, 0.3) is 0 Å². The van der Waals surface area contributed by atoms with Crippen LogP contribution in [0.5, 0.6) is 0 Å². The molecular weight excluding hydrogens is 545 g/mol. The number of halogens is 3. The van der Waals surface area contributed by atoms with Crippen LogP contribution in [0.15, 0.2) is 21.1 Å². The predicted octanol–water partition coefficient (Wildman–Crippen LogP) is 6.15. The molecule has 130 valence electrons. The molecule has 4 aliphatic carbocycles. The molecule has 1 atom stereocenters. The fraction of sp³-hybridized carbons (Fsp3) is 0.632. The highest BCUT2D eigenvalue weighted by atomic mass is 127. The van der Waals surface area contributed by atoms with Crippen molar-refractivity contribution in [1.29, 1.82) is 0 Å². The van der Waals surface area contributed by atoms with Gasteiger partial charge in [-0.15, -0.1) is 0 Å². The van der Waals surface area contributed by atoms with Gasteiger partial charge in [0.2, 0.25) is 0 Å². The highest BCUT2D eigenvalue weighted by Gasteiger charge is 2.53. The van der Waals surface area contributed by atoms with E-state index in [4.69, 9.17) is 0 Å². The molecule has 5 heteroatoms. The third-order valence-electron chi connectivity index (χ3n) is 6.59. The maximum atomic E-state index is 12.9. The zero-order valence-corrected chi connectivity index (χ0v) is 19.1. The van der Waals surface area contributed by atoms with Crippen molar-refractivity contribution >= 4 is 60.4 Å². The Hall–Kier alpha value is 0.380. The van der Waals surface area contributed by atoms with Crippen LogP contribution in [0.1, 0.15) is 55.8 Å². The van der Waals surface area contributed by atoms with E-state index in [1.54, 1.807) is 0 Å². The molecule has 0 radical (unpaired) electrons. The van der Waals surface area contributed by atoms with Crippen LogP contribution in [0.2, 0.25) is 0 Å². The molecule has 0 saturated heterocycles. The van der Waals surface area contributed by atoms with E-state index in [2.05, 4.69) is 66.7 Å². The largest absolute Gasteiger partial charge is 0.349 e. The van der Waals surface area contributed by atoms with Crippen molar-refractivity contribution in [1.82, 2.24) is 5.32 Å². The molecule has 4 bridgehead atoms. The Kier molecular flexibility index (Phi) is 4.83. The molecule has 4 aliphatic rings. The monoisotopic (exact) mass is 565 g/mol. The van der Waals surface area contributed by atoms with Gasteiger partial charge in [-0.1, -0.05) is 15.9 Å². The van der Waals surface area contributed by atoms with Crippen molar-refractivity contribution in [2.75, 3.05) is 0 Å². The van der Waals surface area contributed by atoms with Crippen molar-refractivity contribution in [2.24, 2.45) is 23.2 Å². The van der Waals surface area contributed by atoms with Crippen LogP contribution in [0.3, 0.4) is 0 Å². The first-order valence-corrected chi connectivity index (χ1v) is 11.5. The van der Waals surface area contributed by atoms with E-state index in [0.29, 0.717) is 5.41 Å². The summed E-state index contributed by atoms with van der Waals surface area (Å²) in [6, 6.07) is 4.17. The third-order valence-corrected chi connectivity index (χ3v) is 9.58. The van der Waals surface area contributed by atoms with E-state index in [1.807, 2.05) is 12.1 Å². The Labute approximate surface area is 174 Å². The summed E-state index contributed by atoms with van der Waals surface area (Å²) in [7, 11) is 0. The fourth-order valence-electron chi connectivity index (χ4n) is 5.86. The second-order valence-electron chi connectivity index (χ2n) is 8.22. The minimum atomic E-state index is 0.0599. The second-order valence-corrected chi connectivity index (χ2v) is 11.1. The highest BCUT2D eigenvalue weighted by molar-refractivity contribution is 14.1. The number of carbonyl (C=O) groups is 1. The molecule has 0 aromatic heterocycles. The number of rotatable bonds is 3. The summed E-state index contributed by atoms with van der Waals surface area (Å²) in [5, 5.41) is 3.36. The van der Waals surface area contributed by atoms with Crippen molar-refractivity contribution < 1.29 is 4.79 Å². The first kappa shape index (κ1) is 17.8. The number of carbonyl (C=O) groups excluding carboxylic acids is 1. The number of benzene rings is 1.